The van der Waals surface area contributed by atoms with E-state index in [0.29, 0.717) is 24.6 Å². The van der Waals surface area contributed by atoms with Gasteiger partial charge in [0.25, 0.3) is 0 Å². The van der Waals surface area contributed by atoms with Gasteiger partial charge in [0.05, 0.1) is 19.3 Å². The van der Waals surface area contributed by atoms with Gasteiger partial charge in [0.15, 0.2) is 17.8 Å². The highest BCUT2D eigenvalue weighted by Crippen LogP contribution is 2.40. The molecule has 0 aromatic heterocycles. The Morgan fingerprint density at radius 3 is 2.63 bits per heavy atom. The molecule has 5 heteroatoms. The predicted molar refractivity (Wildman–Crippen MR) is 67.9 cm³/mol. The third-order valence-corrected chi connectivity index (χ3v) is 2.85. The Morgan fingerprint density at radius 1 is 1.37 bits per heavy atom. The Balaban J connectivity index is 2.31. The Bertz CT molecular complexity index is 491. The van der Waals surface area contributed by atoms with Crippen LogP contribution in [0.5, 0.6) is 17.2 Å². The molecule has 0 atom stereocenters. The smallest absolute Gasteiger partial charge is 0.308 e. The number of rotatable bonds is 6. The van der Waals surface area contributed by atoms with E-state index >= 15 is 0 Å². The first-order chi connectivity index (χ1) is 9.15. The number of hydrogen-bond acceptors (Lipinski definition) is 5. The van der Waals surface area contributed by atoms with E-state index in [1.54, 1.807) is 12.1 Å². The molecule has 0 N–H and O–H groups in total. The number of ether oxygens (including phenoxy) is 3. The second kappa shape index (κ2) is 5.73. The van der Waals surface area contributed by atoms with E-state index < -0.39 is 5.97 Å². The van der Waals surface area contributed by atoms with Crippen molar-refractivity contribution in [3.63, 3.8) is 0 Å². The zero-order chi connectivity index (χ0) is 13.8. The van der Waals surface area contributed by atoms with Crippen LogP contribution in [-0.4, -0.2) is 26.0 Å². The molecule has 0 amide bonds. The number of aldehydes is 1. The highest BCUT2D eigenvalue weighted by atomic mass is 16.6. The molecular weight excluding hydrogens is 248 g/mol. The monoisotopic (exact) mass is 264 g/mol. The van der Waals surface area contributed by atoms with Crippen LogP contribution in [0.1, 0.15) is 30.1 Å². The number of benzene rings is 1. The summed E-state index contributed by atoms with van der Waals surface area (Å²) in [7, 11) is 1.45. The summed E-state index contributed by atoms with van der Waals surface area (Å²) >= 11 is 0. The zero-order valence-electron chi connectivity index (χ0n) is 11.0. The molecule has 1 aromatic rings. The Hall–Kier alpha value is -2.04. The normalized spacial score (nSPS) is 13.8. The van der Waals surface area contributed by atoms with Crippen molar-refractivity contribution >= 4 is 12.3 Å². The van der Waals surface area contributed by atoms with Gasteiger partial charge in [0, 0.05) is 6.92 Å². The van der Waals surface area contributed by atoms with E-state index in [9.17, 15) is 9.59 Å². The van der Waals surface area contributed by atoms with Gasteiger partial charge < -0.3 is 14.2 Å². The van der Waals surface area contributed by atoms with Crippen molar-refractivity contribution < 1.29 is 23.8 Å². The summed E-state index contributed by atoms with van der Waals surface area (Å²) in [6.45, 7) is 1.88. The molecule has 1 aliphatic rings. The van der Waals surface area contributed by atoms with Gasteiger partial charge in [-0.3, -0.25) is 9.59 Å². The molecule has 5 nitrogen and oxygen atoms in total. The SMILES string of the molecule is COc1c(OCC2CC2)ccc(C=O)c1OC(C)=O. The lowest BCUT2D eigenvalue weighted by Gasteiger charge is -2.15. The largest absolute Gasteiger partial charge is 0.490 e. The maximum absolute atomic E-state index is 11.1. The van der Waals surface area contributed by atoms with Crippen LogP contribution in [0.15, 0.2) is 12.1 Å². The van der Waals surface area contributed by atoms with Gasteiger partial charge in [-0.15, -0.1) is 0 Å². The Labute approximate surface area is 111 Å². The van der Waals surface area contributed by atoms with Crippen LogP contribution in [0.4, 0.5) is 0 Å². The minimum absolute atomic E-state index is 0.110. The lowest BCUT2D eigenvalue weighted by atomic mass is 10.2. The number of carbonyl (C=O) groups excluding carboxylic acids is 2. The first-order valence-electron chi connectivity index (χ1n) is 6.13. The molecule has 0 unspecified atom stereocenters. The molecule has 1 aliphatic carbocycles. The first kappa shape index (κ1) is 13.4. The van der Waals surface area contributed by atoms with E-state index in [1.165, 1.54) is 26.9 Å². The van der Waals surface area contributed by atoms with E-state index in [4.69, 9.17) is 14.2 Å². The van der Waals surface area contributed by atoms with Gasteiger partial charge in [-0.05, 0) is 30.9 Å². The van der Waals surface area contributed by atoms with Crippen LogP contribution >= 0.6 is 0 Å². The van der Waals surface area contributed by atoms with Gasteiger partial charge in [-0.2, -0.15) is 0 Å². The number of carbonyl (C=O) groups is 2. The molecule has 1 aromatic carbocycles. The van der Waals surface area contributed by atoms with Gasteiger partial charge >= 0.3 is 5.97 Å². The molecule has 0 bridgehead atoms. The highest BCUT2D eigenvalue weighted by Gasteiger charge is 2.24. The van der Waals surface area contributed by atoms with Crippen LogP contribution in [0.2, 0.25) is 0 Å². The van der Waals surface area contributed by atoms with E-state index in [-0.39, 0.29) is 17.1 Å². The number of hydrogen-bond donors (Lipinski definition) is 0. The minimum atomic E-state index is -0.513. The van der Waals surface area contributed by atoms with Crippen molar-refractivity contribution in [3.05, 3.63) is 17.7 Å². The Kier molecular flexibility index (Phi) is 4.04. The van der Waals surface area contributed by atoms with E-state index in [0.717, 1.165) is 0 Å². The summed E-state index contributed by atoms with van der Waals surface area (Å²) < 4.78 is 15.9. The van der Waals surface area contributed by atoms with Crippen LogP contribution in [0.3, 0.4) is 0 Å². The molecule has 2 rings (SSSR count). The average Bonchev–Trinajstić information content (AvgIpc) is 3.19. The fourth-order valence-corrected chi connectivity index (χ4v) is 1.70. The fraction of sp³-hybridized carbons (Fsp3) is 0.429. The van der Waals surface area contributed by atoms with Crippen LogP contribution in [0, 0.1) is 5.92 Å². The molecule has 0 spiro atoms. The summed E-state index contributed by atoms with van der Waals surface area (Å²) in [4.78, 5) is 22.1. The Morgan fingerprint density at radius 2 is 2.11 bits per heavy atom. The maximum Gasteiger partial charge on any atom is 0.308 e. The third-order valence-electron chi connectivity index (χ3n) is 2.85. The van der Waals surface area contributed by atoms with Crippen molar-refractivity contribution in [2.45, 2.75) is 19.8 Å². The second-order valence-electron chi connectivity index (χ2n) is 4.48. The van der Waals surface area contributed by atoms with Crippen molar-refractivity contribution in [1.29, 1.82) is 0 Å². The molecule has 0 radical (unpaired) electrons. The van der Waals surface area contributed by atoms with Crippen molar-refractivity contribution in [2.24, 2.45) is 5.92 Å². The molecule has 1 fully saturated rings. The number of methoxy groups -OCH3 is 1. The molecule has 0 saturated heterocycles. The summed E-state index contributed by atoms with van der Waals surface area (Å²) in [5.74, 6) is 0.948. The maximum atomic E-state index is 11.1. The fourth-order valence-electron chi connectivity index (χ4n) is 1.70. The summed E-state index contributed by atoms with van der Waals surface area (Å²) in [6, 6.07) is 3.20. The van der Waals surface area contributed by atoms with Crippen molar-refractivity contribution in [3.8, 4) is 17.2 Å². The van der Waals surface area contributed by atoms with Gasteiger partial charge in [-0.25, -0.2) is 0 Å². The molecule has 0 aliphatic heterocycles. The molecule has 1 saturated carbocycles. The molecular formula is C14H16O5. The molecule has 19 heavy (non-hydrogen) atoms. The van der Waals surface area contributed by atoms with E-state index in [1.807, 2.05) is 0 Å². The van der Waals surface area contributed by atoms with Gasteiger partial charge in [0.1, 0.15) is 0 Å². The third kappa shape index (κ3) is 3.24. The topological polar surface area (TPSA) is 61.8 Å². The summed E-state index contributed by atoms with van der Waals surface area (Å²) in [5, 5.41) is 0. The second-order valence-corrected chi connectivity index (χ2v) is 4.48. The van der Waals surface area contributed by atoms with Gasteiger partial charge in [0.2, 0.25) is 5.75 Å². The average molecular weight is 264 g/mol. The summed E-state index contributed by atoms with van der Waals surface area (Å²) in [6.07, 6.45) is 2.96. The predicted octanol–water partition coefficient (Wildman–Crippen LogP) is 2.22. The molecule has 0 heterocycles. The summed E-state index contributed by atoms with van der Waals surface area (Å²) in [5.41, 5.74) is 0.255. The minimum Gasteiger partial charge on any atom is -0.490 e. The lowest BCUT2D eigenvalue weighted by Crippen LogP contribution is -2.08. The van der Waals surface area contributed by atoms with Crippen LogP contribution < -0.4 is 14.2 Å². The lowest BCUT2D eigenvalue weighted by molar-refractivity contribution is -0.132. The van der Waals surface area contributed by atoms with Gasteiger partial charge in [-0.1, -0.05) is 0 Å². The van der Waals surface area contributed by atoms with Crippen molar-refractivity contribution in [1.82, 2.24) is 0 Å². The van der Waals surface area contributed by atoms with E-state index in [2.05, 4.69) is 0 Å². The molecule has 102 valence electrons. The first-order valence-corrected chi connectivity index (χ1v) is 6.13. The van der Waals surface area contributed by atoms with Crippen LogP contribution in [-0.2, 0) is 4.79 Å². The highest BCUT2D eigenvalue weighted by molar-refractivity contribution is 5.85. The number of esters is 1. The standard InChI is InChI=1S/C14H16O5/c1-9(16)19-13-11(7-15)5-6-12(14(13)17-2)18-8-10-3-4-10/h5-7,10H,3-4,8H2,1-2H3. The zero-order valence-corrected chi connectivity index (χ0v) is 11.0. The quantitative estimate of drug-likeness (QED) is 0.448. The van der Waals surface area contributed by atoms with Crippen molar-refractivity contribution in [2.75, 3.05) is 13.7 Å². The van der Waals surface area contributed by atoms with Crippen LogP contribution in [0.25, 0.3) is 0 Å².